The number of nitrogens with one attached hydrogen (secondary N) is 1. The maximum Gasteiger partial charge on any atom is 0.00808 e. The van der Waals surface area contributed by atoms with Gasteiger partial charge in [0.15, 0.2) is 0 Å². The molecule has 0 bridgehead atoms. The first-order valence-corrected chi connectivity index (χ1v) is 5.91. The molecule has 0 aromatic carbocycles. The molecule has 2 aliphatic rings. The van der Waals surface area contributed by atoms with Gasteiger partial charge >= 0.3 is 0 Å². The summed E-state index contributed by atoms with van der Waals surface area (Å²) in [5.41, 5.74) is 0. The zero-order valence-electron chi connectivity index (χ0n) is 5.30. The van der Waals surface area contributed by atoms with Gasteiger partial charge in [-0.15, -0.1) is 0 Å². The van der Waals surface area contributed by atoms with Crippen molar-refractivity contribution >= 4 is 21.6 Å². The van der Waals surface area contributed by atoms with Crippen LogP contribution in [0.15, 0.2) is 0 Å². The van der Waals surface area contributed by atoms with Crippen molar-refractivity contribution in [2.75, 3.05) is 24.6 Å². The van der Waals surface area contributed by atoms with Gasteiger partial charge in [-0.05, 0) is 24.9 Å². The van der Waals surface area contributed by atoms with Gasteiger partial charge in [0.2, 0.25) is 0 Å². The molecule has 0 amide bonds. The van der Waals surface area contributed by atoms with Gasteiger partial charge in [0, 0.05) is 11.5 Å². The molecule has 2 fully saturated rings. The molecule has 0 aromatic rings. The highest BCUT2D eigenvalue weighted by molar-refractivity contribution is 8.76. The Labute approximate surface area is 63.7 Å². The first-order valence-electron chi connectivity index (χ1n) is 3.42. The van der Waals surface area contributed by atoms with Crippen LogP contribution in [0.3, 0.4) is 0 Å². The molecule has 0 aliphatic carbocycles. The monoisotopic (exact) mass is 161 g/mol. The van der Waals surface area contributed by atoms with Gasteiger partial charge in [-0.1, -0.05) is 21.6 Å². The van der Waals surface area contributed by atoms with Crippen LogP contribution in [0.1, 0.15) is 0 Å². The van der Waals surface area contributed by atoms with Crippen LogP contribution >= 0.6 is 21.6 Å². The summed E-state index contributed by atoms with van der Waals surface area (Å²) in [4.78, 5) is 0. The number of rotatable bonds is 0. The topological polar surface area (TPSA) is 12.0 Å². The first kappa shape index (κ1) is 6.38. The van der Waals surface area contributed by atoms with E-state index in [1.54, 1.807) is 0 Å². The van der Waals surface area contributed by atoms with Crippen LogP contribution in [-0.4, -0.2) is 24.6 Å². The summed E-state index contributed by atoms with van der Waals surface area (Å²) in [6.07, 6.45) is 0. The van der Waals surface area contributed by atoms with E-state index in [0.29, 0.717) is 0 Å². The molecular weight excluding hydrogens is 150 g/mol. The largest absolute Gasteiger partial charge is 0.316 e. The molecule has 3 heteroatoms. The van der Waals surface area contributed by atoms with Crippen LogP contribution in [0.2, 0.25) is 0 Å². The fourth-order valence-corrected chi connectivity index (χ4v) is 4.40. The minimum absolute atomic E-state index is 0.997. The summed E-state index contributed by atoms with van der Waals surface area (Å²) in [7, 11) is 4.10. The smallest absolute Gasteiger partial charge is 0.00808 e. The summed E-state index contributed by atoms with van der Waals surface area (Å²) in [6, 6.07) is 0. The van der Waals surface area contributed by atoms with Crippen molar-refractivity contribution < 1.29 is 0 Å². The quantitative estimate of drug-likeness (QED) is 0.536. The Morgan fingerprint density at radius 1 is 1.00 bits per heavy atom. The second kappa shape index (κ2) is 2.72. The minimum atomic E-state index is 0.997. The molecule has 0 unspecified atom stereocenters. The summed E-state index contributed by atoms with van der Waals surface area (Å²) in [5.74, 6) is 4.75. The Morgan fingerprint density at radius 2 is 1.56 bits per heavy atom. The van der Waals surface area contributed by atoms with E-state index in [-0.39, 0.29) is 0 Å². The Kier molecular flexibility index (Phi) is 1.93. The van der Waals surface area contributed by atoms with Crippen molar-refractivity contribution in [3.05, 3.63) is 0 Å². The maximum atomic E-state index is 3.44. The Morgan fingerprint density at radius 3 is 2.11 bits per heavy atom. The van der Waals surface area contributed by atoms with Crippen LogP contribution in [-0.2, 0) is 0 Å². The molecule has 9 heavy (non-hydrogen) atoms. The van der Waals surface area contributed by atoms with Gasteiger partial charge in [0.05, 0.1) is 0 Å². The number of hydrogen-bond acceptors (Lipinski definition) is 3. The van der Waals surface area contributed by atoms with Gasteiger partial charge in [-0.2, -0.15) is 0 Å². The molecule has 52 valence electrons. The van der Waals surface area contributed by atoms with E-state index >= 15 is 0 Å². The fourth-order valence-electron chi connectivity index (χ4n) is 1.45. The summed E-state index contributed by atoms with van der Waals surface area (Å²) >= 11 is 0. The van der Waals surface area contributed by atoms with E-state index in [2.05, 4.69) is 5.32 Å². The van der Waals surface area contributed by atoms with Crippen molar-refractivity contribution in [1.29, 1.82) is 0 Å². The second-order valence-corrected chi connectivity index (χ2v) is 5.30. The van der Waals surface area contributed by atoms with E-state index in [1.807, 2.05) is 21.6 Å². The Hall–Kier alpha value is 0.660. The van der Waals surface area contributed by atoms with Crippen molar-refractivity contribution in [2.24, 2.45) is 11.8 Å². The molecule has 0 saturated carbocycles. The minimum Gasteiger partial charge on any atom is -0.316 e. The highest BCUT2D eigenvalue weighted by Gasteiger charge is 2.29. The summed E-state index contributed by atoms with van der Waals surface area (Å²) in [5, 5.41) is 3.44. The average molecular weight is 161 g/mol. The predicted molar refractivity (Wildman–Crippen MR) is 44.8 cm³/mol. The van der Waals surface area contributed by atoms with Crippen molar-refractivity contribution in [1.82, 2.24) is 5.32 Å². The molecule has 1 N–H and O–H groups in total. The van der Waals surface area contributed by atoms with Gasteiger partial charge in [0.25, 0.3) is 0 Å². The van der Waals surface area contributed by atoms with Crippen molar-refractivity contribution in [3.63, 3.8) is 0 Å². The van der Waals surface area contributed by atoms with Crippen LogP contribution in [0.5, 0.6) is 0 Å². The highest BCUT2D eigenvalue weighted by Crippen LogP contribution is 2.37. The fraction of sp³-hybridized carbons (Fsp3) is 1.00. The lowest BCUT2D eigenvalue weighted by molar-refractivity contribution is 0.508. The van der Waals surface area contributed by atoms with Crippen molar-refractivity contribution in [3.8, 4) is 0 Å². The SMILES string of the molecule is C1NC[C@H]2CSSC[C@H]12. The van der Waals surface area contributed by atoms with Gasteiger partial charge < -0.3 is 5.32 Å². The molecule has 0 aromatic heterocycles. The zero-order chi connectivity index (χ0) is 6.10. The van der Waals surface area contributed by atoms with E-state index in [4.69, 9.17) is 0 Å². The van der Waals surface area contributed by atoms with Gasteiger partial charge in [0.1, 0.15) is 0 Å². The molecule has 2 saturated heterocycles. The Bertz CT molecular complexity index is 95.2. The maximum absolute atomic E-state index is 3.44. The third kappa shape index (κ3) is 1.23. The third-order valence-corrected chi connectivity index (χ3v) is 4.74. The standard InChI is InChI=1S/C6H11NS2/c1-5-3-8-9-4-6(5)2-7-1/h5-7H,1-4H2/t5-,6-/m0/s1. The first-order chi connectivity index (χ1) is 4.47. The molecule has 0 radical (unpaired) electrons. The summed E-state index contributed by atoms with van der Waals surface area (Å²) in [6.45, 7) is 2.55. The van der Waals surface area contributed by atoms with E-state index < -0.39 is 0 Å². The van der Waals surface area contributed by atoms with Crippen molar-refractivity contribution in [2.45, 2.75) is 0 Å². The third-order valence-electron chi connectivity index (χ3n) is 2.13. The number of hydrogen-bond donors (Lipinski definition) is 1. The molecular formula is C6H11NS2. The van der Waals surface area contributed by atoms with Crippen LogP contribution < -0.4 is 5.32 Å². The average Bonchev–Trinajstić information content (AvgIpc) is 2.33. The lowest BCUT2D eigenvalue weighted by Crippen LogP contribution is -2.19. The molecule has 2 rings (SSSR count). The van der Waals surface area contributed by atoms with Crippen LogP contribution in [0, 0.1) is 11.8 Å². The van der Waals surface area contributed by atoms with Gasteiger partial charge in [-0.3, -0.25) is 0 Å². The molecule has 2 aliphatic heterocycles. The summed E-state index contributed by atoms with van der Waals surface area (Å²) < 4.78 is 0. The van der Waals surface area contributed by atoms with Gasteiger partial charge in [-0.25, -0.2) is 0 Å². The normalized spacial score (nSPS) is 42.7. The number of fused-ring (bicyclic) bond motifs is 1. The molecule has 2 atom stereocenters. The molecule has 0 spiro atoms. The zero-order valence-corrected chi connectivity index (χ0v) is 6.93. The van der Waals surface area contributed by atoms with Crippen LogP contribution in [0.25, 0.3) is 0 Å². The predicted octanol–water partition coefficient (Wildman–Crippen LogP) is 1.22. The molecule has 1 nitrogen and oxygen atoms in total. The lowest BCUT2D eigenvalue weighted by atomic mass is 10.0. The van der Waals surface area contributed by atoms with E-state index in [0.717, 1.165) is 11.8 Å². The van der Waals surface area contributed by atoms with Crippen LogP contribution in [0.4, 0.5) is 0 Å². The van der Waals surface area contributed by atoms with E-state index in [1.165, 1.54) is 24.6 Å². The Balaban J connectivity index is 1.97. The van der Waals surface area contributed by atoms with E-state index in [9.17, 15) is 0 Å². The lowest BCUT2D eigenvalue weighted by Gasteiger charge is -2.21. The second-order valence-electron chi connectivity index (χ2n) is 2.75. The highest BCUT2D eigenvalue weighted by atomic mass is 33.1. The molecule has 2 heterocycles.